The fraction of sp³-hybridized carbons (Fsp3) is 0.364. The summed E-state index contributed by atoms with van der Waals surface area (Å²) >= 11 is 5.65. The Bertz CT molecular complexity index is 617. The Kier molecular flexibility index (Phi) is 5.76. The van der Waals surface area contributed by atoms with Crippen LogP contribution in [0.3, 0.4) is 0 Å². The van der Waals surface area contributed by atoms with Crippen LogP contribution in [0.1, 0.15) is 17.3 Å². The summed E-state index contributed by atoms with van der Waals surface area (Å²) in [7, 11) is 2.10. The Labute approximate surface area is 125 Å². The summed E-state index contributed by atoms with van der Waals surface area (Å²) < 4.78 is 46.0. The van der Waals surface area contributed by atoms with Crippen LogP contribution in [0.5, 0.6) is 0 Å². The van der Waals surface area contributed by atoms with Gasteiger partial charge in [-0.2, -0.15) is 0 Å². The summed E-state index contributed by atoms with van der Waals surface area (Å²) in [5.41, 5.74) is -0.611. The van der Waals surface area contributed by atoms with Crippen LogP contribution in [0.15, 0.2) is 17.0 Å². The van der Waals surface area contributed by atoms with Gasteiger partial charge in [-0.3, -0.25) is 0 Å². The van der Waals surface area contributed by atoms with Crippen LogP contribution in [0, 0.1) is 5.82 Å². The van der Waals surface area contributed by atoms with Gasteiger partial charge in [0.05, 0.1) is 12.2 Å². The Morgan fingerprint density at radius 3 is 2.55 bits per heavy atom. The van der Waals surface area contributed by atoms with Crippen molar-refractivity contribution in [2.75, 3.05) is 13.7 Å². The van der Waals surface area contributed by atoms with Gasteiger partial charge in [-0.25, -0.2) is 17.6 Å². The maximum Gasteiger partial charge on any atom is 0.341 e. The molecule has 0 amide bonds. The van der Waals surface area contributed by atoms with Gasteiger partial charge in [-0.05, 0) is 19.1 Å². The van der Waals surface area contributed by atoms with Gasteiger partial charge in [0.25, 0.3) is 9.05 Å². The van der Waals surface area contributed by atoms with Crippen molar-refractivity contribution in [3.05, 3.63) is 28.5 Å². The second-order valence-corrected chi connectivity index (χ2v) is 6.85. The second-order valence-electron chi connectivity index (χ2n) is 3.87. The molecule has 0 aliphatic heterocycles. The van der Waals surface area contributed by atoms with Crippen molar-refractivity contribution in [2.24, 2.45) is 0 Å². The molecule has 0 fully saturated rings. The average molecular weight is 345 g/mol. The highest BCUT2D eigenvalue weighted by molar-refractivity contribution is 8.13. The normalized spacial score (nSPS) is 13.1. The molecule has 0 N–H and O–H groups in total. The summed E-state index contributed by atoms with van der Waals surface area (Å²) in [4.78, 5) is 10.9. The van der Waals surface area contributed by atoms with E-state index in [1.807, 2.05) is 0 Å². The lowest BCUT2D eigenvalue weighted by Crippen LogP contribution is -2.21. The van der Waals surface area contributed by atoms with Crippen LogP contribution in [0.4, 0.5) is 4.39 Å². The molecule has 0 radical (unpaired) electrons. The number of esters is 1. The molecule has 0 aliphatic rings. The van der Waals surface area contributed by atoms with Crippen molar-refractivity contribution in [1.82, 2.24) is 0 Å². The number of ether oxygens (including phenoxy) is 2. The van der Waals surface area contributed by atoms with E-state index in [0.717, 1.165) is 12.1 Å². The van der Waals surface area contributed by atoms with Crippen LogP contribution >= 0.6 is 22.3 Å². The quantitative estimate of drug-likeness (QED) is 0.606. The minimum atomic E-state index is -4.37. The molecule has 20 heavy (non-hydrogen) atoms. The minimum Gasteiger partial charge on any atom is -0.457 e. The monoisotopic (exact) mass is 344 g/mol. The number of methoxy groups -OCH3 is 1. The average Bonchev–Trinajstić information content (AvgIpc) is 2.30. The molecule has 1 unspecified atom stereocenters. The highest BCUT2D eigenvalue weighted by atomic mass is 35.7. The molecular formula is C11H11Cl2FO5S. The molecule has 1 aromatic rings. The summed E-state index contributed by atoms with van der Waals surface area (Å²) in [6, 6.07) is 1.78. The van der Waals surface area contributed by atoms with E-state index in [0.29, 0.717) is 0 Å². The SMILES string of the molecule is COCC(C)OC(=O)c1cc(Cl)cc(S(=O)(=O)Cl)c1F. The van der Waals surface area contributed by atoms with E-state index in [1.165, 1.54) is 14.0 Å². The van der Waals surface area contributed by atoms with Crippen molar-refractivity contribution in [3.8, 4) is 0 Å². The van der Waals surface area contributed by atoms with E-state index in [2.05, 4.69) is 0 Å². The zero-order chi connectivity index (χ0) is 15.5. The Balaban J connectivity index is 3.19. The molecule has 0 saturated heterocycles. The first kappa shape index (κ1) is 17.2. The molecular weight excluding hydrogens is 334 g/mol. The van der Waals surface area contributed by atoms with E-state index in [4.69, 9.17) is 31.8 Å². The van der Waals surface area contributed by atoms with Crippen molar-refractivity contribution >= 4 is 37.3 Å². The maximum absolute atomic E-state index is 14.0. The molecule has 0 aliphatic carbocycles. The van der Waals surface area contributed by atoms with Gasteiger partial charge in [0, 0.05) is 22.8 Å². The van der Waals surface area contributed by atoms with Gasteiger partial charge in [-0.1, -0.05) is 11.6 Å². The van der Waals surface area contributed by atoms with Crippen molar-refractivity contribution < 1.29 is 27.1 Å². The van der Waals surface area contributed by atoms with Gasteiger partial charge < -0.3 is 9.47 Å². The zero-order valence-corrected chi connectivity index (χ0v) is 12.9. The smallest absolute Gasteiger partial charge is 0.341 e. The molecule has 0 heterocycles. The first-order valence-corrected chi connectivity index (χ1v) is 7.99. The van der Waals surface area contributed by atoms with E-state index in [1.54, 1.807) is 0 Å². The number of rotatable bonds is 5. The summed E-state index contributed by atoms with van der Waals surface area (Å²) in [5, 5.41) is -0.156. The molecule has 1 rings (SSSR count). The lowest BCUT2D eigenvalue weighted by Gasteiger charge is -2.13. The van der Waals surface area contributed by atoms with Crippen molar-refractivity contribution in [2.45, 2.75) is 17.9 Å². The van der Waals surface area contributed by atoms with Crippen LogP contribution < -0.4 is 0 Å². The molecule has 5 nitrogen and oxygen atoms in total. The molecule has 0 saturated carbocycles. The third-order valence-electron chi connectivity index (χ3n) is 2.20. The fourth-order valence-electron chi connectivity index (χ4n) is 1.41. The number of halogens is 3. The third-order valence-corrected chi connectivity index (χ3v) is 3.74. The van der Waals surface area contributed by atoms with Crippen LogP contribution in [0.25, 0.3) is 0 Å². The van der Waals surface area contributed by atoms with Crippen LogP contribution in [0.2, 0.25) is 5.02 Å². The molecule has 1 aromatic carbocycles. The van der Waals surface area contributed by atoms with Crippen molar-refractivity contribution in [3.63, 3.8) is 0 Å². The minimum absolute atomic E-state index is 0.106. The lowest BCUT2D eigenvalue weighted by atomic mass is 10.2. The van der Waals surface area contributed by atoms with Gasteiger partial charge in [0.1, 0.15) is 11.0 Å². The molecule has 0 bridgehead atoms. The Morgan fingerprint density at radius 1 is 1.45 bits per heavy atom. The predicted octanol–water partition coefficient (Wildman–Crippen LogP) is 2.60. The number of hydrogen-bond donors (Lipinski definition) is 0. The molecule has 1 atom stereocenters. The predicted molar refractivity (Wildman–Crippen MR) is 71.2 cm³/mol. The summed E-state index contributed by atoms with van der Waals surface area (Å²) in [6.45, 7) is 1.64. The Hall–Kier alpha value is -0.890. The van der Waals surface area contributed by atoms with Crippen LogP contribution in [-0.2, 0) is 18.5 Å². The number of carbonyl (C=O) groups is 1. The topological polar surface area (TPSA) is 69.7 Å². The lowest BCUT2D eigenvalue weighted by molar-refractivity contribution is 0.0115. The van der Waals surface area contributed by atoms with Crippen LogP contribution in [-0.4, -0.2) is 34.2 Å². The first-order valence-electron chi connectivity index (χ1n) is 5.30. The van der Waals surface area contributed by atoms with E-state index in [-0.39, 0.29) is 11.6 Å². The molecule has 9 heteroatoms. The summed E-state index contributed by atoms with van der Waals surface area (Å²) in [5.74, 6) is -2.37. The van der Waals surface area contributed by atoms with E-state index < -0.39 is 37.4 Å². The highest BCUT2D eigenvalue weighted by Gasteiger charge is 2.25. The van der Waals surface area contributed by atoms with Gasteiger partial charge in [0.15, 0.2) is 5.82 Å². The zero-order valence-electron chi connectivity index (χ0n) is 10.5. The number of hydrogen-bond acceptors (Lipinski definition) is 5. The molecule has 0 aromatic heterocycles. The molecule has 112 valence electrons. The second kappa shape index (κ2) is 6.71. The standard InChI is InChI=1S/C11H11Cl2FO5S/c1-6(5-18-2)19-11(15)8-3-7(12)4-9(10(8)14)20(13,16)17/h3-4,6H,5H2,1-2H3. The third kappa shape index (κ3) is 4.31. The maximum atomic E-state index is 14.0. The van der Waals surface area contributed by atoms with E-state index in [9.17, 15) is 17.6 Å². The number of benzene rings is 1. The van der Waals surface area contributed by atoms with Gasteiger partial charge >= 0.3 is 5.97 Å². The number of carbonyl (C=O) groups excluding carboxylic acids is 1. The largest absolute Gasteiger partial charge is 0.457 e. The first-order chi connectivity index (χ1) is 9.16. The molecule has 0 spiro atoms. The Morgan fingerprint density at radius 2 is 2.05 bits per heavy atom. The van der Waals surface area contributed by atoms with Gasteiger partial charge in [0.2, 0.25) is 0 Å². The fourth-order valence-corrected chi connectivity index (χ4v) is 2.62. The van der Waals surface area contributed by atoms with Gasteiger partial charge in [-0.15, -0.1) is 0 Å². The van der Waals surface area contributed by atoms with E-state index >= 15 is 0 Å². The van der Waals surface area contributed by atoms with Crippen molar-refractivity contribution in [1.29, 1.82) is 0 Å². The highest BCUT2D eigenvalue weighted by Crippen LogP contribution is 2.27. The summed E-state index contributed by atoms with van der Waals surface area (Å²) in [6.07, 6.45) is -0.637.